The Hall–Kier alpha value is -3.85. The maximum Gasteiger partial charge on any atom is 0.262 e. The molecule has 3 aromatic rings. The molecule has 2 atom stereocenters. The number of hydrazone groups is 1. The first-order valence-electron chi connectivity index (χ1n) is 11.0. The molecule has 5 rings (SSSR count). The molecule has 2 amide bonds. The number of rotatable bonds is 5. The van der Waals surface area contributed by atoms with E-state index in [9.17, 15) is 18.4 Å². The van der Waals surface area contributed by atoms with Gasteiger partial charge in [0.25, 0.3) is 5.91 Å². The fourth-order valence-corrected chi connectivity index (χ4v) is 5.02. The van der Waals surface area contributed by atoms with Gasteiger partial charge in [-0.3, -0.25) is 9.59 Å². The van der Waals surface area contributed by atoms with Crippen LogP contribution < -0.4 is 5.32 Å². The molecule has 0 bridgehead atoms. The summed E-state index contributed by atoms with van der Waals surface area (Å²) in [5.41, 5.74) is 2.89. The van der Waals surface area contributed by atoms with Gasteiger partial charge in [0.15, 0.2) is 5.17 Å². The molecular weight excluding hydrogens is 470 g/mol. The number of amides is 2. The van der Waals surface area contributed by atoms with Gasteiger partial charge in [-0.1, -0.05) is 54.2 Å². The van der Waals surface area contributed by atoms with Gasteiger partial charge < -0.3 is 5.32 Å². The smallest absolute Gasteiger partial charge is 0.262 e. The Kier molecular flexibility index (Phi) is 6.41. The number of amidine groups is 1. The second-order valence-electron chi connectivity index (χ2n) is 8.13. The average Bonchev–Trinajstić information content (AvgIpc) is 3.45. The van der Waals surface area contributed by atoms with Crippen molar-refractivity contribution < 1.29 is 18.4 Å². The molecule has 3 aromatic carbocycles. The highest BCUT2D eigenvalue weighted by molar-refractivity contribution is 8.15. The first-order valence-corrected chi connectivity index (χ1v) is 11.9. The van der Waals surface area contributed by atoms with Crippen LogP contribution in [0.25, 0.3) is 0 Å². The fraction of sp³-hybridized carbons (Fsp3) is 0.154. The van der Waals surface area contributed by atoms with Crippen molar-refractivity contribution in [2.24, 2.45) is 10.1 Å². The molecule has 2 heterocycles. The highest BCUT2D eigenvalue weighted by atomic mass is 32.2. The quantitative estimate of drug-likeness (QED) is 0.537. The number of benzene rings is 3. The highest BCUT2D eigenvalue weighted by Gasteiger charge is 2.39. The summed E-state index contributed by atoms with van der Waals surface area (Å²) < 4.78 is 27.0. The number of nitrogens with one attached hydrogen (secondary N) is 1. The number of aliphatic imine (C=N–C) groups is 1. The number of nitrogens with zero attached hydrogens (tertiary/aromatic N) is 3. The summed E-state index contributed by atoms with van der Waals surface area (Å²) in [6.07, 6.45) is 0.430. The Labute approximate surface area is 204 Å². The summed E-state index contributed by atoms with van der Waals surface area (Å²) in [5.74, 6) is -1.40. The fourth-order valence-electron chi connectivity index (χ4n) is 3.95. The second-order valence-corrected chi connectivity index (χ2v) is 9.30. The van der Waals surface area contributed by atoms with Crippen molar-refractivity contribution in [1.29, 1.82) is 0 Å². The third kappa shape index (κ3) is 5.14. The zero-order chi connectivity index (χ0) is 24.4. The van der Waals surface area contributed by atoms with Gasteiger partial charge in [-0.05, 0) is 47.5 Å². The van der Waals surface area contributed by atoms with E-state index in [1.165, 1.54) is 36.0 Å². The Bertz CT molecular complexity index is 1310. The summed E-state index contributed by atoms with van der Waals surface area (Å²) in [6.45, 7) is 0. The third-order valence-corrected chi connectivity index (χ3v) is 6.84. The van der Waals surface area contributed by atoms with E-state index in [0.29, 0.717) is 23.0 Å². The van der Waals surface area contributed by atoms with Gasteiger partial charge in [-0.15, -0.1) is 0 Å². The van der Waals surface area contributed by atoms with Crippen LogP contribution in [0, 0.1) is 11.6 Å². The van der Waals surface area contributed by atoms with Gasteiger partial charge in [0.2, 0.25) is 5.91 Å². The predicted molar refractivity (Wildman–Crippen MR) is 132 cm³/mol. The SMILES string of the molecule is O=C(C[C@@H]1SC(N2N=C(c3ccc(F)cc3)C[C@H]2c2ccc(F)cc2)=NC1=O)Nc1ccccc1. The van der Waals surface area contributed by atoms with Crippen molar-refractivity contribution in [2.75, 3.05) is 5.32 Å². The molecule has 35 heavy (non-hydrogen) atoms. The van der Waals surface area contributed by atoms with Crippen LogP contribution in [0.4, 0.5) is 14.5 Å². The first kappa shape index (κ1) is 22.9. The minimum absolute atomic E-state index is 0.0328. The van der Waals surface area contributed by atoms with E-state index in [-0.39, 0.29) is 30.0 Å². The Morgan fingerprint density at radius 1 is 0.971 bits per heavy atom. The Morgan fingerprint density at radius 3 is 2.31 bits per heavy atom. The molecule has 6 nitrogen and oxygen atoms in total. The lowest BCUT2D eigenvalue weighted by molar-refractivity contribution is -0.121. The van der Waals surface area contributed by atoms with Crippen LogP contribution in [0.5, 0.6) is 0 Å². The van der Waals surface area contributed by atoms with E-state index in [1.807, 2.05) is 18.2 Å². The highest BCUT2D eigenvalue weighted by Crippen LogP contribution is 2.38. The number of hydrogen-bond donors (Lipinski definition) is 1. The van der Waals surface area contributed by atoms with E-state index in [2.05, 4.69) is 10.3 Å². The van der Waals surface area contributed by atoms with E-state index in [1.54, 1.807) is 41.4 Å². The van der Waals surface area contributed by atoms with Crippen molar-refractivity contribution in [2.45, 2.75) is 24.1 Å². The number of thioether (sulfide) groups is 1. The molecule has 0 spiro atoms. The standard InChI is InChI=1S/C26H20F2N4O2S/c27-18-10-6-16(7-11-18)21-14-22(17-8-12-19(28)13-9-17)32(31-21)26-30-25(34)23(35-26)15-24(33)29-20-4-2-1-3-5-20/h1-13,22-23H,14-15H2,(H,29,33)/t22-,23-/m0/s1. The van der Waals surface area contributed by atoms with Crippen molar-refractivity contribution in [3.8, 4) is 0 Å². The normalized spacial score (nSPS) is 19.5. The lowest BCUT2D eigenvalue weighted by Crippen LogP contribution is -2.25. The van der Waals surface area contributed by atoms with Crippen LogP contribution in [0.15, 0.2) is 89.0 Å². The van der Waals surface area contributed by atoms with Crippen LogP contribution in [0.2, 0.25) is 0 Å². The van der Waals surface area contributed by atoms with Gasteiger partial charge in [-0.25, -0.2) is 13.8 Å². The molecule has 2 aliphatic rings. The lowest BCUT2D eigenvalue weighted by atomic mass is 9.98. The number of carbonyl (C=O) groups excluding carboxylic acids is 2. The molecule has 0 unspecified atom stereocenters. The van der Waals surface area contributed by atoms with Crippen LogP contribution in [-0.4, -0.2) is 33.0 Å². The zero-order valence-electron chi connectivity index (χ0n) is 18.4. The Balaban J connectivity index is 1.36. The Morgan fingerprint density at radius 2 is 1.63 bits per heavy atom. The number of carbonyl (C=O) groups is 2. The van der Waals surface area contributed by atoms with Gasteiger partial charge >= 0.3 is 0 Å². The summed E-state index contributed by atoms with van der Waals surface area (Å²) in [7, 11) is 0. The van der Waals surface area contributed by atoms with Crippen LogP contribution >= 0.6 is 11.8 Å². The molecule has 0 saturated carbocycles. The summed E-state index contributed by atoms with van der Waals surface area (Å²) in [6, 6.07) is 20.8. The number of anilines is 1. The van der Waals surface area contributed by atoms with Gasteiger partial charge in [0.05, 0.1) is 11.8 Å². The van der Waals surface area contributed by atoms with E-state index >= 15 is 0 Å². The van der Waals surface area contributed by atoms with Gasteiger partial charge in [0.1, 0.15) is 16.9 Å². The third-order valence-electron chi connectivity index (χ3n) is 5.70. The van der Waals surface area contributed by atoms with Crippen molar-refractivity contribution in [3.63, 3.8) is 0 Å². The number of halogens is 2. The topological polar surface area (TPSA) is 74.1 Å². The van der Waals surface area contributed by atoms with Crippen LogP contribution in [0.3, 0.4) is 0 Å². The average molecular weight is 491 g/mol. The number of para-hydroxylation sites is 1. The second kappa shape index (κ2) is 9.79. The van der Waals surface area contributed by atoms with E-state index in [4.69, 9.17) is 5.10 Å². The largest absolute Gasteiger partial charge is 0.326 e. The molecule has 0 fully saturated rings. The molecule has 1 N–H and O–H groups in total. The summed E-state index contributed by atoms with van der Waals surface area (Å²) >= 11 is 1.18. The molecule has 176 valence electrons. The minimum Gasteiger partial charge on any atom is -0.326 e. The van der Waals surface area contributed by atoms with Crippen LogP contribution in [0.1, 0.15) is 30.0 Å². The minimum atomic E-state index is -0.673. The molecule has 2 aliphatic heterocycles. The molecule has 9 heteroatoms. The predicted octanol–water partition coefficient (Wildman–Crippen LogP) is 5.14. The lowest BCUT2D eigenvalue weighted by Gasteiger charge is -2.23. The van der Waals surface area contributed by atoms with E-state index < -0.39 is 11.2 Å². The molecule has 0 aliphatic carbocycles. The molecular formula is C26H20F2N4O2S. The van der Waals surface area contributed by atoms with E-state index in [0.717, 1.165) is 11.1 Å². The van der Waals surface area contributed by atoms with Gasteiger partial charge in [0, 0.05) is 18.5 Å². The van der Waals surface area contributed by atoms with Crippen molar-refractivity contribution >= 4 is 40.1 Å². The summed E-state index contributed by atoms with van der Waals surface area (Å²) in [5, 5.41) is 8.82. The number of hydrogen-bond acceptors (Lipinski definition) is 5. The molecule has 0 saturated heterocycles. The van der Waals surface area contributed by atoms with Crippen molar-refractivity contribution in [3.05, 3.63) is 102 Å². The zero-order valence-corrected chi connectivity index (χ0v) is 19.2. The van der Waals surface area contributed by atoms with Gasteiger partial charge in [-0.2, -0.15) is 10.1 Å². The maximum absolute atomic E-state index is 13.5. The summed E-state index contributed by atoms with van der Waals surface area (Å²) in [4.78, 5) is 29.3. The monoisotopic (exact) mass is 490 g/mol. The molecule has 0 radical (unpaired) electrons. The van der Waals surface area contributed by atoms with Crippen molar-refractivity contribution in [1.82, 2.24) is 5.01 Å². The maximum atomic E-state index is 13.5. The van der Waals surface area contributed by atoms with Crippen LogP contribution in [-0.2, 0) is 9.59 Å². The molecule has 0 aromatic heterocycles. The first-order chi connectivity index (χ1) is 17.0.